The van der Waals surface area contributed by atoms with Crippen LogP contribution < -0.4 is 0 Å². The molecule has 5 rings (SSSR count). The summed E-state index contributed by atoms with van der Waals surface area (Å²) >= 11 is 0. The maximum atomic E-state index is 12.8. The molecule has 1 aliphatic rings. The quantitative estimate of drug-likeness (QED) is 0.504. The number of carbonyl (C=O) groups is 1. The number of carbonyl (C=O) groups excluding carboxylic acids is 1. The van der Waals surface area contributed by atoms with E-state index in [1.807, 2.05) is 66.4 Å². The number of likely N-dealkylation sites (tertiary alicyclic amines) is 1. The van der Waals surface area contributed by atoms with Gasteiger partial charge in [-0.15, -0.1) is 10.2 Å². The van der Waals surface area contributed by atoms with Gasteiger partial charge in [0.15, 0.2) is 0 Å². The average Bonchev–Trinajstić information content (AvgIpc) is 3.28. The van der Waals surface area contributed by atoms with Gasteiger partial charge in [0.2, 0.25) is 5.89 Å². The molecule has 0 N–H and O–H groups in total. The van der Waals surface area contributed by atoms with Crippen LogP contribution in [0.15, 0.2) is 65.2 Å². The first-order valence-electron chi connectivity index (χ1n) is 10.2. The molecule has 30 heavy (non-hydrogen) atoms. The molecule has 150 valence electrons. The molecule has 0 aliphatic carbocycles. The monoisotopic (exact) mass is 398 g/mol. The summed E-state index contributed by atoms with van der Waals surface area (Å²) in [4.78, 5) is 19.1. The van der Waals surface area contributed by atoms with E-state index >= 15 is 0 Å². The number of hydrogen-bond donors (Lipinski definition) is 0. The first-order valence-corrected chi connectivity index (χ1v) is 10.2. The largest absolute Gasteiger partial charge is 0.419 e. The molecule has 2 aromatic heterocycles. The van der Waals surface area contributed by atoms with E-state index in [2.05, 4.69) is 15.2 Å². The average molecular weight is 398 g/mol. The molecule has 0 spiro atoms. The molecule has 4 aromatic rings. The lowest BCUT2D eigenvalue weighted by Crippen LogP contribution is -2.38. The van der Waals surface area contributed by atoms with Crippen LogP contribution in [0.1, 0.15) is 40.6 Å². The fraction of sp³-hybridized carbons (Fsp3) is 0.250. The zero-order valence-electron chi connectivity index (χ0n) is 16.8. The van der Waals surface area contributed by atoms with Gasteiger partial charge in [-0.25, -0.2) is 0 Å². The van der Waals surface area contributed by atoms with E-state index in [1.165, 1.54) is 0 Å². The van der Waals surface area contributed by atoms with E-state index in [4.69, 9.17) is 4.42 Å². The standard InChI is InChI=1S/C24H22N4O2/c1-16-5-4-7-19(15-16)24(29)28-13-10-18(11-14-28)22-26-27-23(30-22)21-20-8-3-2-6-17(20)9-12-25-21/h2-9,12,15,18H,10-11,13-14H2,1H3. The second-order valence-electron chi connectivity index (χ2n) is 7.76. The molecule has 0 saturated carbocycles. The third-order valence-electron chi connectivity index (χ3n) is 5.71. The van der Waals surface area contributed by atoms with Gasteiger partial charge >= 0.3 is 0 Å². The van der Waals surface area contributed by atoms with Crippen LogP contribution in [0, 0.1) is 6.92 Å². The van der Waals surface area contributed by atoms with Crippen molar-refractivity contribution in [3.8, 4) is 11.6 Å². The van der Waals surface area contributed by atoms with Crippen molar-refractivity contribution in [2.75, 3.05) is 13.1 Å². The predicted molar refractivity (Wildman–Crippen MR) is 114 cm³/mol. The number of aromatic nitrogens is 3. The molecule has 1 saturated heterocycles. The van der Waals surface area contributed by atoms with Crippen LogP contribution >= 0.6 is 0 Å². The lowest BCUT2D eigenvalue weighted by atomic mass is 9.96. The molecule has 0 radical (unpaired) electrons. The maximum Gasteiger partial charge on any atom is 0.266 e. The zero-order valence-corrected chi connectivity index (χ0v) is 16.8. The van der Waals surface area contributed by atoms with Crippen molar-refractivity contribution in [3.05, 3.63) is 77.8 Å². The number of nitrogens with zero attached hydrogens (tertiary/aromatic N) is 4. The normalized spacial score (nSPS) is 14.9. The summed E-state index contributed by atoms with van der Waals surface area (Å²) < 4.78 is 6.03. The highest BCUT2D eigenvalue weighted by Crippen LogP contribution is 2.31. The summed E-state index contributed by atoms with van der Waals surface area (Å²) in [5.41, 5.74) is 2.55. The van der Waals surface area contributed by atoms with Gasteiger partial charge in [-0.3, -0.25) is 9.78 Å². The summed E-state index contributed by atoms with van der Waals surface area (Å²) in [5, 5.41) is 10.6. The van der Waals surface area contributed by atoms with Crippen molar-refractivity contribution < 1.29 is 9.21 Å². The first-order chi connectivity index (χ1) is 14.7. The molecular formula is C24H22N4O2. The van der Waals surface area contributed by atoms with Crippen molar-refractivity contribution in [2.45, 2.75) is 25.7 Å². The third-order valence-corrected chi connectivity index (χ3v) is 5.71. The topological polar surface area (TPSA) is 72.1 Å². The second-order valence-corrected chi connectivity index (χ2v) is 7.76. The summed E-state index contributed by atoms with van der Waals surface area (Å²) in [6.07, 6.45) is 3.38. The minimum absolute atomic E-state index is 0.0864. The fourth-order valence-corrected chi connectivity index (χ4v) is 4.08. The van der Waals surface area contributed by atoms with E-state index < -0.39 is 0 Å². The number of hydrogen-bond acceptors (Lipinski definition) is 5. The highest BCUT2D eigenvalue weighted by molar-refractivity contribution is 5.94. The first kappa shape index (κ1) is 18.5. The Balaban J connectivity index is 1.31. The minimum Gasteiger partial charge on any atom is -0.419 e. The molecule has 0 atom stereocenters. The van der Waals surface area contributed by atoms with Gasteiger partial charge in [0.1, 0.15) is 5.69 Å². The van der Waals surface area contributed by atoms with Gasteiger partial charge in [-0.1, -0.05) is 42.0 Å². The van der Waals surface area contributed by atoms with Gasteiger partial charge < -0.3 is 9.32 Å². The Bertz CT molecular complexity index is 1200. The summed E-state index contributed by atoms with van der Waals surface area (Å²) in [6.45, 7) is 3.37. The summed E-state index contributed by atoms with van der Waals surface area (Å²) in [5.74, 6) is 1.31. The van der Waals surface area contributed by atoms with E-state index in [9.17, 15) is 4.79 Å². The number of piperidine rings is 1. The van der Waals surface area contributed by atoms with Crippen LogP contribution in [-0.4, -0.2) is 39.1 Å². The Morgan fingerprint density at radius 3 is 2.70 bits per heavy atom. The molecule has 1 aliphatic heterocycles. The van der Waals surface area contributed by atoms with Crippen LogP contribution in [0.4, 0.5) is 0 Å². The number of fused-ring (bicyclic) bond motifs is 1. The Kier molecular flexibility index (Phi) is 4.75. The Labute approximate surface area is 174 Å². The third kappa shape index (κ3) is 3.45. The number of benzene rings is 2. The van der Waals surface area contributed by atoms with Gasteiger partial charge in [0.25, 0.3) is 11.8 Å². The highest BCUT2D eigenvalue weighted by Gasteiger charge is 2.28. The number of amides is 1. The molecule has 1 fully saturated rings. The van der Waals surface area contributed by atoms with Crippen molar-refractivity contribution in [1.82, 2.24) is 20.1 Å². The zero-order chi connectivity index (χ0) is 20.5. The molecular weight excluding hydrogens is 376 g/mol. The Morgan fingerprint density at radius 1 is 1.03 bits per heavy atom. The molecule has 6 heteroatoms. The van der Waals surface area contributed by atoms with E-state index in [0.717, 1.165) is 34.7 Å². The lowest BCUT2D eigenvalue weighted by molar-refractivity contribution is 0.0706. The van der Waals surface area contributed by atoms with Gasteiger partial charge in [-0.05, 0) is 43.4 Å². The van der Waals surface area contributed by atoms with E-state index in [-0.39, 0.29) is 11.8 Å². The SMILES string of the molecule is Cc1cccc(C(=O)N2CCC(c3nnc(-c4nccc5ccccc45)o3)CC2)c1. The number of pyridine rings is 1. The van der Waals surface area contributed by atoms with E-state index in [1.54, 1.807) is 6.20 Å². The van der Waals surface area contributed by atoms with Crippen LogP contribution in [0.25, 0.3) is 22.4 Å². The van der Waals surface area contributed by atoms with Crippen LogP contribution in [-0.2, 0) is 0 Å². The van der Waals surface area contributed by atoms with Gasteiger partial charge in [-0.2, -0.15) is 0 Å². The smallest absolute Gasteiger partial charge is 0.266 e. The molecule has 3 heterocycles. The lowest BCUT2D eigenvalue weighted by Gasteiger charge is -2.30. The molecule has 1 amide bonds. The molecule has 6 nitrogen and oxygen atoms in total. The molecule has 2 aromatic carbocycles. The molecule has 0 bridgehead atoms. The highest BCUT2D eigenvalue weighted by atomic mass is 16.4. The van der Waals surface area contributed by atoms with Crippen molar-refractivity contribution in [1.29, 1.82) is 0 Å². The fourth-order valence-electron chi connectivity index (χ4n) is 4.08. The van der Waals surface area contributed by atoms with Crippen molar-refractivity contribution in [3.63, 3.8) is 0 Å². The van der Waals surface area contributed by atoms with Crippen molar-refractivity contribution >= 4 is 16.7 Å². The molecule has 0 unspecified atom stereocenters. The second kappa shape index (κ2) is 7.71. The minimum atomic E-state index is 0.0864. The van der Waals surface area contributed by atoms with Crippen LogP contribution in [0.3, 0.4) is 0 Å². The van der Waals surface area contributed by atoms with Gasteiger partial charge in [0.05, 0.1) is 0 Å². The Hall–Kier alpha value is -3.54. The predicted octanol–water partition coefficient (Wildman–Crippen LogP) is 4.61. The van der Waals surface area contributed by atoms with Crippen LogP contribution in [0.5, 0.6) is 0 Å². The summed E-state index contributed by atoms with van der Waals surface area (Å²) in [6, 6.07) is 17.7. The summed E-state index contributed by atoms with van der Waals surface area (Å²) in [7, 11) is 0. The van der Waals surface area contributed by atoms with Gasteiger partial charge in [0, 0.05) is 36.2 Å². The van der Waals surface area contributed by atoms with E-state index in [0.29, 0.717) is 30.6 Å². The van der Waals surface area contributed by atoms with Crippen LogP contribution in [0.2, 0.25) is 0 Å². The number of aryl methyl sites for hydroxylation is 1. The maximum absolute atomic E-state index is 12.8. The van der Waals surface area contributed by atoms with Crippen molar-refractivity contribution in [2.24, 2.45) is 0 Å². The Morgan fingerprint density at radius 2 is 1.87 bits per heavy atom. The number of rotatable bonds is 3.